The average Bonchev–Trinajstić information content (AvgIpc) is 2.33. The highest BCUT2D eigenvalue weighted by molar-refractivity contribution is 4.87. The average molecular weight is 290 g/mol. The van der Waals surface area contributed by atoms with Gasteiger partial charge in [0.2, 0.25) is 0 Å². The topological polar surface area (TPSA) is 15.3 Å². The van der Waals surface area contributed by atoms with Gasteiger partial charge in [0.15, 0.2) is 0 Å². The van der Waals surface area contributed by atoms with Gasteiger partial charge < -0.3 is 5.32 Å². The minimum atomic E-state index is -2.25. The van der Waals surface area contributed by atoms with Crippen LogP contribution in [0.15, 0.2) is 0 Å². The first kappa shape index (κ1) is 17.8. The van der Waals surface area contributed by atoms with Crippen LogP contribution in [0.2, 0.25) is 0 Å². The minimum Gasteiger partial charge on any atom is -0.307 e. The van der Waals surface area contributed by atoms with Crippen LogP contribution >= 0.6 is 0 Å². The smallest absolute Gasteiger partial charge is 0.250 e. The van der Waals surface area contributed by atoms with Crippen LogP contribution in [-0.4, -0.2) is 43.0 Å². The van der Waals surface area contributed by atoms with E-state index in [1.54, 1.807) is 0 Å². The Morgan fingerprint density at radius 2 is 1.90 bits per heavy atom. The molecule has 2 nitrogen and oxygen atoms in total. The number of halogens is 2. The van der Waals surface area contributed by atoms with Gasteiger partial charge in [-0.05, 0) is 37.5 Å². The van der Waals surface area contributed by atoms with Crippen molar-refractivity contribution in [2.75, 3.05) is 19.6 Å². The highest BCUT2D eigenvalue weighted by atomic mass is 19.3. The molecule has 0 amide bonds. The van der Waals surface area contributed by atoms with Gasteiger partial charge in [-0.15, -0.1) is 0 Å². The van der Waals surface area contributed by atoms with Crippen molar-refractivity contribution in [2.24, 2.45) is 11.3 Å². The normalized spacial score (nSPS) is 27.0. The molecular formula is C16H32F2N2. The molecule has 1 aliphatic heterocycles. The van der Waals surface area contributed by atoms with E-state index in [0.29, 0.717) is 17.4 Å². The number of nitrogens with one attached hydrogen (secondary N) is 1. The summed E-state index contributed by atoms with van der Waals surface area (Å²) in [6.45, 7) is 13.1. The zero-order chi connectivity index (χ0) is 15.3. The van der Waals surface area contributed by atoms with E-state index in [0.717, 1.165) is 32.4 Å². The Morgan fingerprint density at radius 1 is 1.25 bits per heavy atom. The van der Waals surface area contributed by atoms with Gasteiger partial charge in [0.1, 0.15) is 0 Å². The molecule has 0 bridgehead atoms. The SMILES string of the molecule is CCC(C)N1CC(CC(C)(C)C)CC(NCC(F)F)C1. The van der Waals surface area contributed by atoms with Crippen molar-refractivity contribution in [3.8, 4) is 0 Å². The maximum atomic E-state index is 12.4. The van der Waals surface area contributed by atoms with Crippen molar-refractivity contribution < 1.29 is 8.78 Å². The summed E-state index contributed by atoms with van der Waals surface area (Å²) in [5.41, 5.74) is 0.302. The molecule has 1 N–H and O–H groups in total. The largest absolute Gasteiger partial charge is 0.307 e. The predicted octanol–water partition coefficient (Wildman–Crippen LogP) is 3.77. The monoisotopic (exact) mass is 290 g/mol. The van der Waals surface area contributed by atoms with Crippen molar-refractivity contribution in [3.63, 3.8) is 0 Å². The fourth-order valence-electron chi connectivity index (χ4n) is 3.28. The van der Waals surface area contributed by atoms with Gasteiger partial charge in [-0.25, -0.2) is 8.78 Å². The van der Waals surface area contributed by atoms with Gasteiger partial charge in [-0.2, -0.15) is 0 Å². The van der Waals surface area contributed by atoms with Crippen molar-refractivity contribution in [3.05, 3.63) is 0 Å². The Hall–Kier alpha value is -0.220. The third-order valence-electron chi connectivity index (χ3n) is 4.24. The van der Waals surface area contributed by atoms with E-state index >= 15 is 0 Å². The van der Waals surface area contributed by atoms with E-state index in [4.69, 9.17) is 0 Å². The number of rotatable bonds is 6. The third kappa shape index (κ3) is 6.49. The standard InChI is InChI=1S/C16H32F2N2/c1-6-12(2)20-10-13(8-16(3,4)5)7-14(11-20)19-9-15(17)18/h12-15,19H,6-11H2,1-5H3. The maximum absolute atomic E-state index is 12.4. The Bertz CT molecular complexity index is 276. The molecule has 0 radical (unpaired) electrons. The lowest BCUT2D eigenvalue weighted by molar-refractivity contribution is 0.0719. The third-order valence-corrected chi connectivity index (χ3v) is 4.24. The fraction of sp³-hybridized carbons (Fsp3) is 1.00. The van der Waals surface area contributed by atoms with Gasteiger partial charge in [-0.1, -0.05) is 27.7 Å². The van der Waals surface area contributed by atoms with Crippen LogP contribution in [0, 0.1) is 11.3 Å². The summed E-state index contributed by atoms with van der Waals surface area (Å²) in [5, 5.41) is 3.05. The van der Waals surface area contributed by atoms with Crippen LogP contribution in [0.4, 0.5) is 8.78 Å². The summed E-state index contributed by atoms with van der Waals surface area (Å²) < 4.78 is 24.8. The van der Waals surface area contributed by atoms with Crippen LogP contribution in [0.1, 0.15) is 53.9 Å². The molecule has 1 saturated heterocycles. The first-order chi connectivity index (χ1) is 9.21. The van der Waals surface area contributed by atoms with E-state index in [2.05, 4.69) is 44.8 Å². The number of hydrogen-bond donors (Lipinski definition) is 1. The molecule has 0 aromatic rings. The van der Waals surface area contributed by atoms with Gasteiger partial charge in [0.05, 0.1) is 6.54 Å². The Morgan fingerprint density at radius 3 is 2.40 bits per heavy atom. The minimum absolute atomic E-state index is 0.179. The summed E-state index contributed by atoms with van der Waals surface area (Å²) >= 11 is 0. The van der Waals surface area contributed by atoms with Gasteiger partial charge in [0.25, 0.3) is 6.43 Å². The lowest BCUT2D eigenvalue weighted by atomic mass is 9.79. The molecule has 1 rings (SSSR count). The molecule has 4 heteroatoms. The fourth-order valence-corrected chi connectivity index (χ4v) is 3.28. The number of piperidine rings is 1. The number of alkyl halides is 2. The van der Waals surface area contributed by atoms with Crippen molar-refractivity contribution in [1.82, 2.24) is 10.2 Å². The molecule has 1 heterocycles. The van der Waals surface area contributed by atoms with E-state index in [1.165, 1.54) is 0 Å². The zero-order valence-corrected chi connectivity index (χ0v) is 13.8. The summed E-state index contributed by atoms with van der Waals surface area (Å²) in [4.78, 5) is 2.48. The molecule has 3 atom stereocenters. The molecule has 3 unspecified atom stereocenters. The van der Waals surface area contributed by atoms with E-state index in [-0.39, 0.29) is 12.6 Å². The van der Waals surface area contributed by atoms with Crippen LogP contribution in [0.25, 0.3) is 0 Å². The molecule has 0 aromatic carbocycles. The van der Waals surface area contributed by atoms with Gasteiger partial charge in [-0.3, -0.25) is 4.90 Å². The second kappa shape index (κ2) is 7.69. The summed E-state index contributed by atoms with van der Waals surface area (Å²) in [7, 11) is 0. The molecular weight excluding hydrogens is 258 g/mol. The second-order valence-electron chi connectivity index (χ2n) is 7.57. The van der Waals surface area contributed by atoms with Crippen molar-refractivity contribution in [1.29, 1.82) is 0 Å². The van der Waals surface area contributed by atoms with Crippen LogP contribution < -0.4 is 5.32 Å². The molecule has 0 aliphatic carbocycles. The highest BCUT2D eigenvalue weighted by Crippen LogP contribution is 2.31. The molecule has 0 saturated carbocycles. The van der Waals surface area contributed by atoms with Crippen molar-refractivity contribution in [2.45, 2.75) is 72.4 Å². The Labute approximate surface area is 123 Å². The molecule has 1 fully saturated rings. The maximum Gasteiger partial charge on any atom is 0.250 e. The van der Waals surface area contributed by atoms with Crippen LogP contribution in [0.5, 0.6) is 0 Å². The molecule has 0 aromatic heterocycles. The van der Waals surface area contributed by atoms with Crippen LogP contribution in [-0.2, 0) is 0 Å². The van der Waals surface area contributed by atoms with Crippen molar-refractivity contribution >= 4 is 0 Å². The Kier molecular flexibility index (Phi) is 6.86. The van der Waals surface area contributed by atoms with E-state index in [1.807, 2.05) is 0 Å². The first-order valence-electron chi connectivity index (χ1n) is 7.97. The van der Waals surface area contributed by atoms with Crippen LogP contribution in [0.3, 0.4) is 0 Å². The lowest BCUT2D eigenvalue weighted by Gasteiger charge is -2.43. The molecule has 120 valence electrons. The van der Waals surface area contributed by atoms with E-state index in [9.17, 15) is 8.78 Å². The highest BCUT2D eigenvalue weighted by Gasteiger charge is 2.31. The lowest BCUT2D eigenvalue weighted by Crippen LogP contribution is -2.53. The zero-order valence-electron chi connectivity index (χ0n) is 13.8. The summed E-state index contributed by atoms with van der Waals surface area (Å²) in [5.74, 6) is 0.605. The summed E-state index contributed by atoms with van der Waals surface area (Å²) in [6, 6.07) is 0.743. The number of nitrogens with zero attached hydrogens (tertiary/aromatic N) is 1. The first-order valence-corrected chi connectivity index (χ1v) is 7.97. The van der Waals surface area contributed by atoms with Gasteiger partial charge in [0, 0.05) is 25.2 Å². The predicted molar refractivity (Wildman–Crippen MR) is 81.3 cm³/mol. The van der Waals surface area contributed by atoms with E-state index < -0.39 is 6.43 Å². The summed E-state index contributed by atoms with van der Waals surface area (Å²) in [6.07, 6.45) is 1.04. The van der Waals surface area contributed by atoms with Gasteiger partial charge >= 0.3 is 0 Å². The number of likely N-dealkylation sites (tertiary alicyclic amines) is 1. The second-order valence-corrected chi connectivity index (χ2v) is 7.57. The quantitative estimate of drug-likeness (QED) is 0.801. The molecule has 0 spiro atoms. The Balaban J connectivity index is 2.62. The molecule has 1 aliphatic rings. The number of hydrogen-bond acceptors (Lipinski definition) is 2. The molecule has 20 heavy (non-hydrogen) atoms.